The van der Waals surface area contributed by atoms with Crippen molar-refractivity contribution < 1.29 is 4.79 Å². The maximum Gasteiger partial charge on any atom is 0.224 e. The molecule has 1 aliphatic carbocycles. The third-order valence-corrected chi connectivity index (χ3v) is 5.79. The molecule has 1 saturated carbocycles. The van der Waals surface area contributed by atoms with Gasteiger partial charge in [-0.05, 0) is 36.1 Å². The Labute approximate surface area is 167 Å². The molecule has 0 saturated heterocycles. The topological polar surface area (TPSA) is 57.8 Å². The molecule has 2 unspecified atom stereocenters. The summed E-state index contributed by atoms with van der Waals surface area (Å²) in [5, 5.41) is 3.10. The van der Waals surface area contributed by atoms with Crippen molar-refractivity contribution in [3.05, 3.63) is 76.7 Å². The zero-order valence-electron chi connectivity index (χ0n) is 15.0. The van der Waals surface area contributed by atoms with Gasteiger partial charge in [-0.1, -0.05) is 64.8 Å². The van der Waals surface area contributed by atoms with Crippen molar-refractivity contribution in [1.29, 1.82) is 0 Å². The van der Waals surface area contributed by atoms with Crippen molar-refractivity contribution in [2.24, 2.45) is 5.92 Å². The van der Waals surface area contributed by atoms with E-state index in [1.807, 2.05) is 48.7 Å². The number of rotatable bonds is 5. The molecule has 27 heavy (non-hydrogen) atoms. The molecule has 0 bridgehead atoms. The van der Waals surface area contributed by atoms with Crippen LogP contribution in [0.25, 0.3) is 11.3 Å². The summed E-state index contributed by atoms with van der Waals surface area (Å²) < 4.78 is 1.05. The number of H-pyrrole nitrogens is 1. The van der Waals surface area contributed by atoms with Gasteiger partial charge in [0.05, 0.1) is 11.9 Å². The van der Waals surface area contributed by atoms with E-state index < -0.39 is 0 Å². The lowest BCUT2D eigenvalue weighted by atomic mass is 9.94. The molecule has 1 aliphatic rings. The van der Waals surface area contributed by atoms with Crippen molar-refractivity contribution >= 4 is 21.8 Å². The average molecular weight is 424 g/mol. The zero-order valence-corrected chi connectivity index (χ0v) is 16.6. The van der Waals surface area contributed by atoms with Crippen molar-refractivity contribution in [3.8, 4) is 11.3 Å². The van der Waals surface area contributed by atoms with Gasteiger partial charge in [-0.15, -0.1) is 0 Å². The fourth-order valence-electron chi connectivity index (χ4n) is 3.82. The van der Waals surface area contributed by atoms with Crippen LogP contribution in [0.4, 0.5) is 0 Å². The highest BCUT2D eigenvalue weighted by molar-refractivity contribution is 9.10. The van der Waals surface area contributed by atoms with Crippen LogP contribution in [0.2, 0.25) is 0 Å². The SMILES string of the molecule is O=C(NCc1ccccc1)C1CCCC1c1ncc(-c2ccc(Br)cc2)[nH]1. The summed E-state index contributed by atoms with van der Waals surface area (Å²) in [6.07, 6.45) is 4.84. The third-order valence-electron chi connectivity index (χ3n) is 5.26. The number of hydrogen-bond donors (Lipinski definition) is 2. The molecule has 0 radical (unpaired) electrons. The van der Waals surface area contributed by atoms with Gasteiger partial charge in [0.2, 0.25) is 5.91 Å². The standard InChI is InChI=1S/C22H22BrN3O/c23-17-11-9-16(10-12-17)20-14-24-21(26-20)18-7-4-8-19(18)22(27)25-13-15-5-2-1-3-6-15/h1-3,5-6,9-12,14,18-19H,4,7-8,13H2,(H,24,26)(H,25,27). The van der Waals surface area contributed by atoms with Crippen LogP contribution in [-0.2, 0) is 11.3 Å². The smallest absolute Gasteiger partial charge is 0.224 e. The number of aromatic nitrogens is 2. The number of nitrogens with one attached hydrogen (secondary N) is 2. The Morgan fingerprint density at radius 2 is 1.89 bits per heavy atom. The zero-order chi connectivity index (χ0) is 18.6. The highest BCUT2D eigenvalue weighted by Gasteiger charge is 2.35. The van der Waals surface area contributed by atoms with Crippen molar-refractivity contribution in [2.45, 2.75) is 31.7 Å². The molecule has 138 valence electrons. The highest BCUT2D eigenvalue weighted by atomic mass is 79.9. The van der Waals surface area contributed by atoms with Gasteiger partial charge >= 0.3 is 0 Å². The molecule has 0 aliphatic heterocycles. The first-order chi connectivity index (χ1) is 13.2. The van der Waals surface area contributed by atoms with Crippen LogP contribution in [0.3, 0.4) is 0 Å². The van der Waals surface area contributed by atoms with Crippen molar-refractivity contribution in [1.82, 2.24) is 15.3 Å². The summed E-state index contributed by atoms with van der Waals surface area (Å²) in [6.45, 7) is 0.575. The Balaban J connectivity index is 1.45. The summed E-state index contributed by atoms with van der Waals surface area (Å²) in [6, 6.07) is 18.2. The molecule has 4 nitrogen and oxygen atoms in total. The Hall–Kier alpha value is -2.40. The van der Waals surface area contributed by atoms with Crippen LogP contribution < -0.4 is 5.32 Å². The number of imidazole rings is 1. The second-order valence-electron chi connectivity index (χ2n) is 7.04. The second-order valence-corrected chi connectivity index (χ2v) is 7.95. The number of carbonyl (C=O) groups is 1. The summed E-state index contributed by atoms with van der Waals surface area (Å²) >= 11 is 3.46. The predicted molar refractivity (Wildman–Crippen MR) is 110 cm³/mol. The van der Waals surface area contributed by atoms with Crippen LogP contribution in [0, 0.1) is 5.92 Å². The first kappa shape index (κ1) is 18.0. The van der Waals surface area contributed by atoms with Crippen LogP contribution >= 0.6 is 15.9 Å². The largest absolute Gasteiger partial charge is 0.352 e. The highest BCUT2D eigenvalue weighted by Crippen LogP contribution is 2.39. The van der Waals surface area contributed by atoms with Crippen LogP contribution in [0.1, 0.15) is 36.6 Å². The van der Waals surface area contributed by atoms with Gasteiger partial charge in [0, 0.05) is 22.9 Å². The van der Waals surface area contributed by atoms with E-state index in [1.54, 1.807) is 0 Å². The molecule has 5 heteroatoms. The predicted octanol–water partition coefficient (Wildman–Crippen LogP) is 5.04. The number of halogens is 1. The fourth-order valence-corrected chi connectivity index (χ4v) is 4.08. The summed E-state index contributed by atoms with van der Waals surface area (Å²) in [4.78, 5) is 20.8. The minimum Gasteiger partial charge on any atom is -0.352 e. The lowest BCUT2D eigenvalue weighted by Gasteiger charge is -2.17. The molecular weight excluding hydrogens is 402 g/mol. The molecule has 2 atom stereocenters. The first-order valence-corrected chi connectivity index (χ1v) is 10.1. The Kier molecular flexibility index (Phi) is 5.39. The number of amides is 1. The molecule has 0 spiro atoms. The second kappa shape index (κ2) is 8.09. The van der Waals surface area contributed by atoms with E-state index in [0.717, 1.165) is 46.4 Å². The number of nitrogens with zero attached hydrogens (tertiary/aromatic N) is 1. The van der Waals surface area contributed by atoms with Crippen LogP contribution in [0.5, 0.6) is 0 Å². The lowest BCUT2D eigenvalue weighted by Crippen LogP contribution is -2.31. The molecule has 1 aromatic heterocycles. The van der Waals surface area contributed by atoms with E-state index >= 15 is 0 Å². The normalized spacial score (nSPS) is 19.1. The number of carbonyl (C=O) groups excluding carboxylic acids is 1. The minimum atomic E-state index is -0.0161. The van der Waals surface area contributed by atoms with E-state index in [1.165, 1.54) is 0 Å². The van der Waals surface area contributed by atoms with Gasteiger partial charge in [-0.25, -0.2) is 4.98 Å². The number of aromatic amines is 1. The van der Waals surface area contributed by atoms with Crippen LogP contribution in [-0.4, -0.2) is 15.9 Å². The van der Waals surface area contributed by atoms with E-state index in [-0.39, 0.29) is 17.7 Å². The monoisotopic (exact) mass is 423 g/mol. The van der Waals surface area contributed by atoms with Gasteiger partial charge < -0.3 is 10.3 Å². The van der Waals surface area contributed by atoms with Crippen molar-refractivity contribution in [3.63, 3.8) is 0 Å². The minimum absolute atomic E-state index is 0.0161. The fraction of sp³-hybridized carbons (Fsp3) is 0.273. The van der Waals surface area contributed by atoms with E-state index in [2.05, 4.69) is 43.3 Å². The molecular formula is C22H22BrN3O. The summed E-state index contributed by atoms with van der Waals surface area (Å²) in [7, 11) is 0. The summed E-state index contributed by atoms with van der Waals surface area (Å²) in [5.41, 5.74) is 3.21. The number of hydrogen-bond acceptors (Lipinski definition) is 2. The molecule has 2 aromatic carbocycles. The molecule has 2 N–H and O–H groups in total. The number of benzene rings is 2. The molecule has 4 rings (SSSR count). The van der Waals surface area contributed by atoms with Gasteiger partial charge in [0.1, 0.15) is 5.82 Å². The van der Waals surface area contributed by atoms with Gasteiger partial charge in [0.25, 0.3) is 0 Å². The van der Waals surface area contributed by atoms with Crippen LogP contribution in [0.15, 0.2) is 65.3 Å². The van der Waals surface area contributed by atoms with Crippen molar-refractivity contribution in [2.75, 3.05) is 0 Å². The maximum atomic E-state index is 12.8. The van der Waals surface area contributed by atoms with E-state index in [9.17, 15) is 4.79 Å². The molecule has 1 heterocycles. The molecule has 1 fully saturated rings. The molecule has 1 amide bonds. The summed E-state index contributed by atoms with van der Waals surface area (Å²) in [5.74, 6) is 1.19. The lowest BCUT2D eigenvalue weighted by molar-refractivity contribution is -0.125. The average Bonchev–Trinajstić information content (AvgIpc) is 3.37. The molecule has 3 aromatic rings. The quantitative estimate of drug-likeness (QED) is 0.603. The van der Waals surface area contributed by atoms with Gasteiger partial charge in [-0.3, -0.25) is 4.79 Å². The van der Waals surface area contributed by atoms with Gasteiger partial charge in [0.15, 0.2) is 0 Å². The third kappa shape index (κ3) is 4.14. The Bertz CT molecular complexity index is 905. The van der Waals surface area contributed by atoms with E-state index in [4.69, 9.17) is 0 Å². The first-order valence-electron chi connectivity index (χ1n) is 9.33. The maximum absolute atomic E-state index is 12.8. The Morgan fingerprint density at radius 1 is 1.11 bits per heavy atom. The van der Waals surface area contributed by atoms with Gasteiger partial charge in [-0.2, -0.15) is 0 Å². The van der Waals surface area contributed by atoms with E-state index in [0.29, 0.717) is 6.54 Å². The Morgan fingerprint density at radius 3 is 2.67 bits per heavy atom.